The van der Waals surface area contributed by atoms with Crippen molar-refractivity contribution in [3.8, 4) is 0 Å². The summed E-state index contributed by atoms with van der Waals surface area (Å²) in [5, 5.41) is 24.1. The Morgan fingerprint density at radius 2 is 1.82 bits per heavy atom. The van der Waals surface area contributed by atoms with Crippen LogP contribution in [0.1, 0.15) is 30.6 Å². The first-order chi connectivity index (χ1) is 13.2. The molecule has 8 nitrogen and oxygen atoms in total. The van der Waals surface area contributed by atoms with E-state index in [9.17, 15) is 24.6 Å². The number of hydrogen-bond acceptors (Lipinski definition) is 6. The topological polar surface area (TPSA) is 128 Å². The molecule has 1 saturated heterocycles. The number of hydrogen-bond donors (Lipinski definition) is 4. The van der Waals surface area contributed by atoms with E-state index < -0.39 is 48.5 Å². The molecule has 9 heteroatoms. The molecule has 0 radical (unpaired) electrons. The molecule has 154 valence electrons. The van der Waals surface area contributed by atoms with Gasteiger partial charge in [-0.25, -0.2) is 0 Å². The molecule has 0 aromatic heterocycles. The van der Waals surface area contributed by atoms with Gasteiger partial charge in [0.15, 0.2) is 11.4 Å². The zero-order valence-electron chi connectivity index (χ0n) is 15.8. The Morgan fingerprint density at radius 3 is 2.32 bits per heavy atom. The van der Waals surface area contributed by atoms with E-state index in [1.54, 1.807) is 24.3 Å². The number of carbonyl (C=O) groups excluding carboxylic acids is 3. The molecule has 1 aromatic carbocycles. The van der Waals surface area contributed by atoms with Crippen molar-refractivity contribution in [3.63, 3.8) is 0 Å². The monoisotopic (exact) mass is 504 g/mol. The van der Waals surface area contributed by atoms with Gasteiger partial charge >= 0.3 is 0 Å². The molecule has 0 bridgehead atoms. The Labute approximate surface area is 177 Å². The third-order valence-corrected chi connectivity index (χ3v) is 5.40. The number of aliphatic hydroxyl groups is 2. The van der Waals surface area contributed by atoms with Crippen molar-refractivity contribution in [1.82, 2.24) is 10.6 Å². The Morgan fingerprint density at radius 1 is 1.18 bits per heavy atom. The van der Waals surface area contributed by atoms with E-state index in [4.69, 9.17) is 4.74 Å². The van der Waals surface area contributed by atoms with E-state index in [1.165, 1.54) is 0 Å². The lowest BCUT2D eigenvalue weighted by atomic mass is 9.92. The van der Waals surface area contributed by atoms with Gasteiger partial charge in [0.2, 0.25) is 5.91 Å². The van der Waals surface area contributed by atoms with Crippen LogP contribution in [0.25, 0.3) is 0 Å². The summed E-state index contributed by atoms with van der Waals surface area (Å²) in [5.41, 5.74) is -0.875. The van der Waals surface area contributed by atoms with E-state index in [2.05, 4.69) is 10.6 Å². The molecule has 28 heavy (non-hydrogen) atoms. The van der Waals surface area contributed by atoms with Crippen LogP contribution in [0.5, 0.6) is 0 Å². The lowest BCUT2D eigenvalue weighted by molar-refractivity contribution is -0.133. The third kappa shape index (κ3) is 5.49. The maximum atomic E-state index is 12.7. The van der Waals surface area contributed by atoms with Crippen LogP contribution < -0.4 is 10.6 Å². The molecule has 2 amide bonds. The summed E-state index contributed by atoms with van der Waals surface area (Å²) >= 11 is 2.01. The number of rotatable bonds is 10. The smallest absolute Gasteiger partial charge is 0.253 e. The molecule has 1 aliphatic rings. The number of amides is 2. The average Bonchev–Trinajstić information content (AvgIpc) is 3.46. The van der Waals surface area contributed by atoms with Crippen LogP contribution in [0.3, 0.4) is 0 Å². The molecule has 1 heterocycles. The van der Waals surface area contributed by atoms with Crippen LogP contribution in [0.2, 0.25) is 0 Å². The second-order valence-corrected chi connectivity index (χ2v) is 8.35. The van der Waals surface area contributed by atoms with Crippen LogP contribution in [0.15, 0.2) is 24.3 Å². The standard InChI is InChI=1S/C19H25IN2O6/c1-11(2)7-14(16(25)19(9-24)10-28-19)21-18(27)15(8-23)22-17(26)12-5-3-4-6-13(12)20/h3-6,11,14-15,23-24H,7-10H2,1-2H3,(H,21,27)(H,22,26). The summed E-state index contributed by atoms with van der Waals surface area (Å²) in [7, 11) is 0. The number of aliphatic hydroxyl groups excluding tert-OH is 2. The number of nitrogens with one attached hydrogen (secondary N) is 2. The van der Waals surface area contributed by atoms with Gasteiger partial charge in [0.05, 0.1) is 31.4 Å². The number of Topliss-reactive ketones (excluding diaryl/α,β-unsaturated/α-hetero) is 1. The summed E-state index contributed by atoms with van der Waals surface area (Å²) in [6.45, 7) is 2.83. The highest BCUT2D eigenvalue weighted by molar-refractivity contribution is 14.1. The number of ether oxygens (including phenoxy) is 1. The number of ketones is 1. The lowest BCUT2D eigenvalue weighted by Crippen LogP contribution is -2.55. The minimum Gasteiger partial charge on any atom is -0.394 e. The fourth-order valence-corrected chi connectivity index (χ4v) is 3.40. The molecular formula is C19H25IN2O6. The summed E-state index contributed by atoms with van der Waals surface area (Å²) in [6.07, 6.45) is 0.346. The molecule has 3 atom stereocenters. The Balaban J connectivity index is 2.08. The van der Waals surface area contributed by atoms with Gasteiger partial charge in [0.25, 0.3) is 5.91 Å². The third-order valence-electron chi connectivity index (χ3n) is 4.46. The first-order valence-electron chi connectivity index (χ1n) is 9.00. The maximum absolute atomic E-state index is 12.7. The summed E-state index contributed by atoms with van der Waals surface area (Å²) in [6, 6.07) is 4.76. The second-order valence-electron chi connectivity index (χ2n) is 7.18. The van der Waals surface area contributed by atoms with Crippen LogP contribution in [0, 0.1) is 9.49 Å². The van der Waals surface area contributed by atoms with E-state index in [0.717, 1.165) is 0 Å². The summed E-state index contributed by atoms with van der Waals surface area (Å²) < 4.78 is 5.81. The average molecular weight is 504 g/mol. The Bertz CT molecular complexity index is 735. The zero-order chi connectivity index (χ0) is 20.9. The van der Waals surface area contributed by atoms with Crippen LogP contribution in [0.4, 0.5) is 0 Å². The molecular weight excluding hydrogens is 479 g/mol. The lowest BCUT2D eigenvalue weighted by Gasteiger charge is -2.24. The highest BCUT2D eigenvalue weighted by atomic mass is 127. The molecule has 4 N–H and O–H groups in total. The molecule has 3 unspecified atom stereocenters. The van der Waals surface area contributed by atoms with Crippen molar-refractivity contribution >= 4 is 40.2 Å². The van der Waals surface area contributed by atoms with Crippen molar-refractivity contribution in [2.24, 2.45) is 5.92 Å². The maximum Gasteiger partial charge on any atom is 0.253 e. The molecule has 0 aliphatic carbocycles. The first kappa shape index (κ1) is 22.7. The largest absolute Gasteiger partial charge is 0.394 e. The normalized spacial score (nSPS) is 20.4. The van der Waals surface area contributed by atoms with E-state index in [1.807, 2.05) is 36.4 Å². The van der Waals surface area contributed by atoms with E-state index >= 15 is 0 Å². The Kier molecular flexibility index (Phi) is 7.93. The minimum absolute atomic E-state index is 0.0943. The quantitative estimate of drug-likeness (QED) is 0.267. The highest BCUT2D eigenvalue weighted by Crippen LogP contribution is 2.30. The highest BCUT2D eigenvalue weighted by Gasteiger charge is 2.54. The van der Waals surface area contributed by atoms with Crippen molar-refractivity contribution in [3.05, 3.63) is 33.4 Å². The summed E-state index contributed by atoms with van der Waals surface area (Å²) in [4.78, 5) is 37.7. The summed E-state index contributed by atoms with van der Waals surface area (Å²) in [5.74, 6) is -1.48. The van der Waals surface area contributed by atoms with Crippen LogP contribution >= 0.6 is 22.6 Å². The molecule has 0 saturated carbocycles. The van der Waals surface area contributed by atoms with Gasteiger partial charge in [-0.15, -0.1) is 0 Å². The number of epoxide rings is 1. The van der Waals surface area contributed by atoms with Gasteiger partial charge in [0, 0.05) is 3.57 Å². The molecule has 1 aromatic rings. The van der Waals surface area contributed by atoms with Crippen molar-refractivity contribution in [2.75, 3.05) is 19.8 Å². The van der Waals surface area contributed by atoms with Gasteiger partial charge < -0.3 is 25.6 Å². The predicted octanol–water partition coefficient (Wildman–Crippen LogP) is 0.243. The molecule has 2 rings (SSSR count). The van der Waals surface area contributed by atoms with Gasteiger partial charge in [0.1, 0.15) is 6.04 Å². The van der Waals surface area contributed by atoms with Gasteiger partial charge in [-0.3, -0.25) is 14.4 Å². The van der Waals surface area contributed by atoms with Gasteiger partial charge in [-0.05, 0) is 47.1 Å². The van der Waals surface area contributed by atoms with Gasteiger partial charge in [-0.2, -0.15) is 0 Å². The fraction of sp³-hybridized carbons (Fsp3) is 0.526. The molecule has 1 aliphatic heterocycles. The van der Waals surface area contributed by atoms with E-state index in [-0.39, 0.29) is 12.5 Å². The minimum atomic E-state index is -1.26. The molecule has 1 fully saturated rings. The number of carbonyl (C=O) groups is 3. The van der Waals surface area contributed by atoms with Crippen LogP contribution in [-0.2, 0) is 14.3 Å². The first-order valence-corrected chi connectivity index (χ1v) is 10.1. The number of halogens is 1. The fourth-order valence-electron chi connectivity index (χ4n) is 2.77. The Hall–Kier alpha value is -1.56. The molecule has 0 spiro atoms. The zero-order valence-corrected chi connectivity index (χ0v) is 17.9. The SMILES string of the molecule is CC(C)CC(NC(=O)C(CO)NC(=O)c1ccccc1I)C(=O)C1(CO)CO1. The van der Waals surface area contributed by atoms with Gasteiger partial charge in [-0.1, -0.05) is 26.0 Å². The van der Waals surface area contributed by atoms with Crippen molar-refractivity contribution < 1.29 is 29.3 Å². The van der Waals surface area contributed by atoms with E-state index in [0.29, 0.717) is 15.6 Å². The van der Waals surface area contributed by atoms with Crippen molar-refractivity contribution in [1.29, 1.82) is 0 Å². The van der Waals surface area contributed by atoms with Crippen molar-refractivity contribution in [2.45, 2.75) is 38.0 Å². The predicted molar refractivity (Wildman–Crippen MR) is 110 cm³/mol. The number of benzene rings is 1. The second kappa shape index (κ2) is 9.77. The van der Waals surface area contributed by atoms with Crippen LogP contribution in [-0.4, -0.2) is 65.3 Å².